The van der Waals surface area contributed by atoms with E-state index >= 15 is 0 Å². The summed E-state index contributed by atoms with van der Waals surface area (Å²) in [5, 5.41) is 24.3. The van der Waals surface area contributed by atoms with Crippen molar-refractivity contribution in [3.8, 4) is 0 Å². The number of aliphatic hydroxyl groups is 2. The van der Waals surface area contributed by atoms with Crippen molar-refractivity contribution in [2.24, 2.45) is 0 Å². The van der Waals surface area contributed by atoms with Crippen LogP contribution in [0, 0.1) is 0 Å². The van der Waals surface area contributed by atoms with Crippen molar-refractivity contribution in [1.82, 2.24) is 19.6 Å². The smallest absolute Gasteiger partial charge is 0.389 e. The Kier molecular flexibility index (Phi) is 5.70. The monoisotopic (exact) mass is 538 g/mol. The van der Waals surface area contributed by atoms with Gasteiger partial charge in [0.2, 0.25) is 0 Å². The first kappa shape index (κ1) is 23.3. The van der Waals surface area contributed by atoms with E-state index < -0.39 is 35.4 Å². The lowest BCUT2D eigenvalue weighted by molar-refractivity contribution is -0.206. The number of hydrogen-bond acceptors (Lipinski definition) is 5. The highest BCUT2D eigenvalue weighted by Gasteiger charge is 2.45. The number of pyridine rings is 1. The summed E-state index contributed by atoms with van der Waals surface area (Å²) in [4.78, 5) is 18.8. The number of imidazole rings is 1. The standard InChI is InChI=1S/C23H22BrF3N4O3/c24-15-7-16(19(33)23(25,26)27)20-29-17(11-31(20)10-15)21(34)30-6-5-22(18(32)12-30)8-13-3-1-2-4-14(13)9-28-22/h1-4,7,10-11,18-19,28,32-33H,5-6,8-9,12H2/t18-,19-,22+/m1/s1. The molecule has 1 saturated heterocycles. The molecular formula is C23H22BrF3N4O3. The normalized spacial score (nSPS) is 23.8. The summed E-state index contributed by atoms with van der Waals surface area (Å²) in [5.41, 5.74) is 1.14. The molecule has 0 aliphatic carbocycles. The van der Waals surface area contributed by atoms with Crippen LogP contribution in [-0.2, 0) is 13.0 Å². The van der Waals surface area contributed by atoms with Crippen molar-refractivity contribution in [2.45, 2.75) is 43.3 Å². The highest BCUT2D eigenvalue weighted by Crippen LogP contribution is 2.36. The van der Waals surface area contributed by atoms with Gasteiger partial charge in [-0.15, -0.1) is 0 Å². The molecule has 2 aromatic heterocycles. The number of piperidine rings is 1. The van der Waals surface area contributed by atoms with Crippen molar-refractivity contribution < 1.29 is 28.2 Å². The van der Waals surface area contributed by atoms with Gasteiger partial charge >= 0.3 is 6.18 Å². The van der Waals surface area contributed by atoms with E-state index in [0.29, 0.717) is 30.4 Å². The number of benzene rings is 1. The highest BCUT2D eigenvalue weighted by molar-refractivity contribution is 9.10. The molecule has 0 bridgehead atoms. The van der Waals surface area contributed by atoms with Crippen LogP contribution in [0.3, 0.4) is 0 Å². The second-order valence-electron chi connectivity index (χ2n) is 8.89. The van der Waals surface area contributed by atoms with E-state index in [9.17, 15) is 28.2 Å². The Morgan fingerprint density at radius 1 is 1.26 bits per heavy atom. The Morgan fingerprint density at radius 2 is 2.00 bits per heavy atom. The van der Waals surface area contributed by atoms with Crippen molar-refractivity contribution in [1.29, 1.82) is 0 Å². The number of halogens is 4. The van der Waals surface area contributed by atoms with Gasteiger partial charge in [0.1, 0.15) is 11.3 Å². The van der Waals surface area contributed by atoms with Crippen molar-refractivity contribution in [3.05, 3.63) is 69.6 Å². The molecule has 180 valence electrons. The molecule has 11 heteroatoms. The summed E-state index contributed by atoms with van der Waals surface area (Å²) in [5.74, 6) is -0.489. The zero-order chi connectivity index (χ0) is 24.3. The van der Waals surface area contributed by atoms with Gasteiger partial charge in [0.15, 0.2) is 6.10 Å². The fourth-order valence-corrected chi connectivity index (χ4v) is 5.35. The lowest BCUT2D eigenvalue weighted by atomic mass is 9.76. The van der Waals surface area contributed by atoms with Crippen molar-refractivity contribution >= 4 is 27.5 Å². The quantitative estimate of drug-likeness (QED) is 0.466. The molecule has 34 heavy (non-hydrogen) atoms. The predicted octanol–water partition coefficient (Wildman–Crippen LogP) is 2.98. The van der Waals surface area contributed by atoms with Crippen LogP contribution in [0.25, 0.3) is 5.65 Å². The average Bonchev–Trinajstić information content (AvgIpc) is 3.22. The van der Waals surface area contributed by atoms with Crippen LogP contribution >= 0.6 is 15.9 Å². The maximum absolute atomic E-state index is 13.2. The zero-order valence-corrected chi connectivity index (χ0v) is 19.5. The van der Waals surface area contributed by atoms with E-state index in [4.69, 9.17) is 0 Å². The third kappa shape index (κ3) is 4.00. The molecule has 2 aliphatic heterocycles. The van der Waals surface area contributed by atoms with Gasteiger partial charge in [-0.2, -0.15) is 13.2 Å². The molecule has 0 unspecified atom stereocenters. The molecule has 0 radical (unpaired) electrons. The minimum atomic E-state index is -4.88. The predicted molar refractivity (Wildman–Crippen MR) is 120 cm³/mol. The van der Waals surface area contributed by atoms with Crippen LogP contribution < -0.4 is 5.32 Å². The number of aliphatic hydroxyl groups excluding tert-OH is 2. The number of carbonyl (C=O) groups is 1. The number of nitrogens with one attached hydrogen (secondary N) is 1. The zero-order valence-electron chi connectivity index (χ0n) is 17.9. The molecule has 3 atom stereocenters. The van der Waals surface area contributed by atoms with Crippen LogP contribution in [-0.4, -0.2) is 61.3 Å². The minimum Gasteiger partial charge on any atom is -0.389 e. The van der Waals surface area contributed by atoms with Crippen LogP contribution in [0.5, 0.6) is 0 Å². The summed E-state index contributed by atoms with van der Waals surface area (Å²) in [6, 6.07) is 9.17. The van der Waals surface area contributed by atoms with E-state index in [1.807, 2.05) is 24.3 Å². The van der Waals surface area contributed by atoms with E-state index in [1.54, 1.807) is 0 Å². The molecular weight excluding hydrogens is 517 g/mol. The Balaban J connectivity index is 1.38. The minimum absolute atomic E-state index is 0.0566. The van der Waals surface area contributed by atoms with Crippen LogP contribution in [0.2, 0.25) is 0 Å². The molecule has 2 aliphatic rings. The molecule has 1 fully saturated rings. The number of fused-ring (bicyclic) bond motifs is 2. The van der Waals surface area contributed by atoms with Crippen molar-refractivity contribution in [2.75, 3.05) is 13.1 Å². The molecule has 4 heterocycles. The van der Waals surface area contributed by atoms with E-state index in [2.05, 4.69) is 26.2 Å². The van der Waals surface area contributed by atoms with Crippen LogP contribution in [0.15, 0.2) is 47.2 Å². The third-order valence-corrected chi connectivity index (χ3v) is 7.21. The molecule has 0 saturated carbocycles. The number of likely N-dealkylation sites (tertiary alicyclic amines) is 1. The summed E-state index contributed by atoms with van der Waals surface area (Å²) in [7, 11) is 0. The largest absolute Gasteiger partial charge is 0.418 e. The van der Waals surface area contributed by atoms with Gasteiger partial charge < -0.3 is 24.8 Å². The number of amides is 1. The second kappa shape index (κ2) is 8.33. The number of β-amino-alcohol motifs (C(OH)–C–C–N with tert-alkyl or cyclic N) is 1. The van der Waals surface area contributed by atoms with Gasteiger partial charge in [-0.3, -0.25) is 4.79 Å². The topological polar surface area (TPSA) is 90.1 Å². The van der Waals surface area contributed by atoms with Gasteiger partial charge in [-0.05, 0) is 46.0 Å². The maximum atomic E-state index is 13.2. The van der Waals surface area contributed by atoms with Gasteiger partial charge in [-0.25, -0.2) is 4.98 Å². The van der Waals surface area contributed by atoms with E-state index in [-0.39, 0.29) is 17.9 Å². The molecule has 1 aromatic carbocycles. The number of aromatic nitrogens is 2. The van der Waals surface area contributed by atoms with Gasteiger partial charge in [0.05, 0.1) is 11.6 Å². The van der Waals surface area contributed by atoms with Gasteiger partial charge in [-0.1, -0.05) is 24.3 Å². The lowest BCUT2D eigenvalue weighted by Crippen LogP contribution is -2.65. The molecule has 3 N–H and O–H groups in total. The summed E-state index contributed by atoms with van der Waals surface area (Å²) in [6.07, 6.45) is -4.48. The Bertz CT molecular complexity index is 1260. The molecule has 7 nitrogen and oxygen atoms in total. The number of rotatable bonds is 2. The lowest BCUT2D eigenvalue weighted by Gasteiger charge is -2.48. The van der Waals surface area contributed by atoms with E-state index in [0.717, 1.165) is 6.07 Å². The molecule has 1 spiro atoms. The first-order valence-corrected chi connectivity index (χ1v) is 11.6. The Labute approximate surface area is 201 Å². The number of hydrogen-bond donors (Lipinski definition) is 3. The average molecular weight is 539 g/mol. The Hall–Kier alpha value is -2.47. The van der Waals surface area contributed by atoms with Crippen LogP contribution in [0.4, 0.5) is 13.2 Å². The van der Waals surface area contributed by atoms with Gasteiger partial charge in [0, 0.05) is 42.1 Å². The van der Waals surface area contributed by atoms with Gasteiger partial charge in [0.25, 0.3) is 5.91 Å². The number of alkyl halides is 3. The fourth-order valence-electron chi connectivity index (χ4n) is 4.88. The number of nitrogens with zero attached hydrogens (tertiary/aromatic N) is 3. The molecule has 3 aromatic rings. The fraction of sp³-hybridized carbons (Fsp3) is 0.391. The SMILES string of the molecule is O=C(c1cn2cc(Br)cc([C@@H](O)C(F)(F)F)c2n1)N1CC[C@]2(Cc3ccccc3CN2)[C@H](O)C1. The highest BCUT2D eigenvalue weighted by atomic mass is 79.9. The summed E-state index contributed by atoms with van der Waals surface area (Å²) < 4.78 is 41.0. The van der Waals surface area contributed by atoms with Crippen LogP contribution in [0.1, 0.15) is 39.7 Å². The van der Waals surface area contributed by atoms with E-state index in [1.165, 1.54) is 32.8 Å². The molecule has 5 rings (SSSR count). The first-order valence-electron chi connectivity index (χ1n) is 10.8. The molecule has 1 amide bonds. The van der Waals surface area contributed by atoms with Crippen molar-refractivity contribution in [3.63, 3.8) is 0 Å². The number of carbonyl (C=O) groups excluding carboxylic acids is 1. The first-order chi connectivity index (χ1) is 16.1. The second-order valence-corrected chi connectivity index (χ2v) is 9.80. The third-order valence-electron chi connectivity index (χ3n) is 6.77. The summed E-state index contributed by atoms with van der Waals surface area (Å²) >= 11 is 3.14. The maximum Gasteiger partial charge on any atom is 0.418 e. The summed E-state index contributed by atoms with van der Waals surface area (Å²) in [6.45, 7) is 1.07. The Morgan fingerprint density at radius 3 is 2.71 bits per heavy atom.